The van der Waals surface area contributed by atoms with E-state index < -0.39 is 5.41 Å². The molecule has 0 aromatic heterocycles. The topological polar surface area (TPSA) is 55.1 Å². The van der Waals surface area contributed by atoms with Crippen molar-refractivity contribution in [3.05, 3.63) is 34.3 Å². The van der Waals surface area contributed by atoms with E-state index in [9.17, 15) is 4.79 Å². The van der Waals surface area contributed by atoms with Crippen LogP contribution >= 0.6 is 15.9 Å². The van der Waals surface area contributed by atoms with E-state index >= 15 is 0 Å². The van der Waals surface area contributed by atoms with Gasteiger partial charge in [0.05, 0.1) is 0 Å². The average Bonchev–Trinajstić information content (AvgIpc) is 2.27. The van der Waals surface area contributed by atoms with Gasteiger partial charge in [0, 0.05) is 16.4 Å². The Morgan fingerprint density at radius 3 is 2.65 bits per heavy atom. The van der Waals surface area contributed by atoms with Crippen LogP contribution in [-0.2, 0) is 11.3 Å². The fourth-order valence-electron chi connectivity index (χ4n) is 1.53. The molecule has 0 radical (unpaired) electrons. The molecule has 0 heterocycles. The Kier molecular flexibility index (Phi) is 5.15. The third-order valence-corrected chi connectivity index (χ3v) is 3.55. The van der Waals surface area contributed by atoms with Gasteiger partial charge >= 0.3 is 0 Å². The predicted octanol–water partition coefficient (Wildman–Crippen LogP) is 2.44. The van der Waals surface area contributed by atoms with E-state index in [4.69, 9.17) is 5.73 Å². The van der Waals surface area contributed by atoms with E-state index in [2.05, 4.69) is 21.2 Å². The first-order valence-electron chi connectivity index (χ1n) is 5.69. The molecule has 0 spiro atoms. The van der Waals surface area contributed by atoms with Crippen LogP contribution in [0.5, 0.6) is 0 Å². The Morgan fingerprint density at radius 2 is 2.06 bits per heavy atom. The number of carbonyl (C=O) groups excluding carboxylic acids is 1. The second-order valence-corrected chi connectivity index (χ2v) is 5.55. The van der Waals surface area contributed by atoms with Crippen molar-refractivity contribution in [2.75, 3.05) is 6.54 Å². The van der Waals surface area contributed by atoms with Gasteiger partial charge in [-0.05, 0) is 24.6 Å². The van der Waals surface area contributed by atoms with Crippen LogP contribution < -0.4 is 11.1 Å². The lowest BCUT2D eigenvalue weighted by molar-refractivity contribution is -0.129. The van der Waals surface area contributed by atoms with Gasteiger partial charge in [-0.15, -0.1) is 0 Å². The molecule has 1 rings (SSSR count). The summed E-state index contributed by atoms with van der Waals surface area (Å²) < 4.78 is 1.01. The van der Waals surface area contributed by atoms with Gasteiger partial charge in [0.15, 0.2) is 0 Å². The Morgan fingerprint density at radius 1 is 1.41 bits per heavy atom. The molecule has 17 heavy (non-hydrogen) atoms. The first-order valence-corrected chi connectivity index (χ1v) is 6.48. The van der Waals surface area contributed by atoms with Gasteiger partial charge in [-0.3, -0.25) is 4.79 Å². The Bertz CT molecular complexity index is 391. The fourth-order valence-corrected chi connectivity index (χ4v) is 1.96. The highest BCUT2D eigenvalue weighted by Gasteiger charge is 2.26. The van der Waals surface area contributed by atoms with Crippen molar-refractivity contribution in [3.63, 3.8) is 0 Å². The molecule has 4 heteroatoms. The first kappa shape index (κ1) is 14.2. The summed E-state index contributed by atoms with van der Waals surface area (Å²) in [6.45, 7) is 4.88. The molecule has 0 aliphatic heterocycles. The highest BCUT2D eigenvalue weighted by molar-refractivity contribution is 9.10. The summed E-state index contributed by atoms with van der Waals surface area (Å²) >= 11 is 3.46. The molecule has 0 unspecified atom stereocenters. The van der Waals surface area contributed by atoms with Crippen LogP contribution in [0.15, 0.2) is 28.7 Å². The van der Waals surface area contributed by atoms with Crippen LogP contribution in [0, 0.1) is 5.41 Å². The summed E-state index contributed by atoms with van der Waals surface area (Å²) in [5.41, 5.74) is 6.16. The van der Waals surface area contributed by atoms with E-state index in [1.165, 1.54) is 0 Å². The number of hydrogen-bond acceptors (Lipinski definition) is 2. The molecule has 3 N–H and O–H groups in total. The summed E-state index contributed by atoms with van der Waals surface area (Å²) in [7, 11) is 0. The molecule has 1 aromatic rings. The van der Waals surface area contributed by atoms with Crippen molar-refractivity contribution in [1.29, 1.82) is 0 Å². The summed E-state index contributed by atoms with van der Waals surface area (Å²) in [6, 6.07) is 7.86. The van der Waals surface area contributed by atoms with Gasteiger partial charge in [0.25, 0.3) is 0 Å². The quantitative estimate of drug-likeness (QED) is 0.877. The molecule has 1 aromatic carbocycles. The molecule has 0 saturated carbocycles. The van der Waals surface area contributed by atoms with Crippen molar-refractivity contribution in [1.82, 2.24) is 5.32 Å². The average molecular weight is 299 g/mol. The molecular weight excluding hydrogens is 280 g/mol. The van der Waals surface area contributed by atoms with Crippen molar-refractivity contribution in [2.45, 2.75) is 26.8 Å². The van der Waals surface area contributed by atoms with Gasteiger partial charge in [-0.2, -0.15) is 0 Å². The maximum absolute atomic E-state index is 12.0. The third-order valence-electron chi connectivity index (χ3n) is 2.78. The van der Waals surface area contributed by atoms with E-state index in [1.807, 2.05) is 38.1 Å². The number of nitrogens with one attached hydrogen (secondary N) is 1. The predicted molar refractivity (Wildman–Crippen MR) is 73.4 cm³/mol. The number of benzene rings is 1. The van der Waals surface area contributed by atoms with Crippen molar-refractivity contribution < 1.29 is 4.79 Å². The Balaban J connectivity index is 2.57. The number of carbonyl (C=O) groups is 1. The highest BCUT2D eigenvalue weighted by atomic mass is 79.9. The maximum Gasteiger partial charge on any atom is 0.225 e. The highest BCUT2D eigenvalue weighted by Crippen LogP contribution is 2.20. The lowest BCUT2D eigenvalue weighted by Gasteiger charge is -2.22. The summed E-state index contributed by atoms with van der Waals surface area (Å²) in [5, 5.41) is 2.94. The summed E-state index contributed by atoms with van der Waals surface area (Å²) in [5.74, 6) is 0.0405. The minimum absolute atomic E-state index is 0.0405. The molecule has 0 fully saturated rings. The van der Waals surface area contributed by atoms with E-state index in [0.717, 1.165) is 10.0 Å². The molecule has 0 saturated heterocycles. The Labute approximate surface area is 111 Å². The lowest BCUT2D eigenvalue weighted by Crippen LogP contribution is -2.37. The Hall–Kier alpha value is -0.870. The maximum atomic E-state index is 12.0. The molecular formula is C13H19BrN2O. The number of halogens is 1. The molecule has 0 aliphatic carbocycles. The van der Waals surface area contributed by atoms with Gasteiger partial charge < -0.3 is 11.1 Å². The minimum Gasteiger partial charge on any atom is -0.352 e. The zero-order valence-electron chi connectivity index (χ0n) is 10.3. The van der Waals surface area contributed by atoms with Crippen molar-refractivity contribution in [2.24, 2.45) is 11.1 Å². The van der Waals surface area contributed by atoms with Crippen LogP contribution in [0.25, 0.3) is 0 Å². The molecule has 0 aliphatic rings. The second-order valence-electron chi connectivity index (χ2n) is 4.70. The van der Waals surface area contributed by atoms with Gasteiger partial charge in [0.2, 0.25) is 5.91 Å². The fraction of sp³-hybridized carbons (Fsp3) is 0.462. The van der Waals surface area contributed by atoms with Gasteiger partial charge in [0.1, 0.15) is 0 Å². The zero-order chi connectivity index (χ0) is 12.9. The van der Waals surface area contributed by atoms with E-state index in [-0.39, 0.29) is 5.91 Å². The molecule has 1 amide bonds. The lowest BCUT2D eigenvalue weighted by atomic mass is 9.88. The van der Waals surface area contributed by atoms with E-state index in [1.54, 1.807) is 0 Å². The SMILES string of the molecule is CC(C)(CCN)C(=O)NCc1ccccc1Br. The number of amides is 1. The van der Waals surface area contributed by atoms with Crippen LogP contribution in [0.1, 0.15) is 25.8 Å². The van der Waals surface area contributed by atoms with Crippen LogP contribution in [0.2, 0.25) is 0 Å². The minimum atomic E-state index is -0.407. The smallest absolute Gasteiger partial charge is 0.225 e. The summed E-state index contributed by atoms with van der Waals surface area (Å²) in [4.78, 5) is 12.0. The number of hydrogen-bond donors (Lipinski definition) is 2. The molecule has 0 bridgehead atoms. The third kappa shape index (κ3) is 4.13. The zero-order valence-corrected chi connectivity index (χ0v) is 11.9. The van der Waals surface area contributed by atoms with Crippen molar-refractivity contribution in [3.8, 4) is 0 Å². The number of nitrogens with two attached hydrogens (primary N) is 1. The molecule has 94 valence electrons. The van der Waals surface area contributed by atoms with Gasteiger partial charge in [-0.25, -0.2) is 0 Å². The normalized spacial score (nSPS) is 11.3. The number of rotatable bonds is 5. The van der Waals surface area contributed by atoms with Crippen LogP contribution in [-0.4, -0.2) is 12.5 Å². The molecule has 0 atom stereocenters. The second kappa shape index (κ2) is 6.17. The first-order chi connectivity index (χ1) is 7.97. The standard InChI is InChI=1S/C13H19BrN2O/c1-13(2,7-8-15)12(17)16-9-10-5-3-4-6-11(10)14/h3-6H,7-9,15H2,1-2H3,(H,16,17). The van der Waals surface area contributed by atoms with Crippen LogP contribution in [0.3, 0.4) is 0 Å². The summed E-state index contributed by atoms with van der Waals surface area (Å²) in [6.07, 6.45) is 0.689. The van der Waals surface area contributed by atoms with Crippen LogP contribution in [0.4, 0.5) is 0 Å². The van der Waals surface area contributed by atoms with E-state index in [0.29, 0.717) is 19.5 Å². The molecule has 3 nitrogen and oxygen atoms in total. The van der Waals surface area contributed by atoms with Gasteiger partial charge in [-0.1, -0.05) is 48.0 Å². The monoisotopic (exact) mass is 298 g/mol. The van der Waals surface area contributed by atoms with Crippen molar-refractivity contribution >= 4 is 21.8 Å². The largest absolute Gasteiger partial charge is 0.352 e.